The van der Waals surface area contributed by atoms with Crippen LogP contribution in [-0.4, -0.2) is 50.7 Å². The number of rotatable bonds is 4. The topological polar surface area (TPSA) is 49.6 Å². The van der Waals surface area contributed by atoms with Crippen molar-refractivity contribution in [1.29, 1.82) is 0 Å². The second-order valence-electron chi connectivity index (χ2n) is 8.23. The van der Waals surface area contributed by atoms with Crippen molar-refractivity contribution in [3.8, 4) is 10.7 Å². The van der Waals surface area contributed by atoms with Crippen molar-refractivity contribution in [3.63, 3.8) is 0 Å². The molecule has 34 heavy (non-hydrogen) atoms. The van der Waals surface area contributed by atoms with Crippen molar-refractivity contribution in [2.75, 3.05) is 31.1 Å². The molecule has 1 saturated heterocycles. The van der Waals surface area contributed by atoms with Gasteiger partial charge < -0.3 is 4.90 Å². The zero-order valence-corrected chi connectivity index (χ0v) is 19.5. The van der Waals surface area contributed by atoms with E-state index in [1.165, 1.54) is 12.1 Å². The molecule has 5 aromatic rings. The Morgan fingerprint density at radius 3 is 2.62 bits per heavy atom. The lowest BCUT2D eigenvalue weighted by molar-refractivity contribution is 0.245. The van der Waals surface area contributed by atoms with E-state index in [4.69, 9.17) is 16.6 Å². The van der Waals surface area contributed by atoms with E-state index in [0.717, 1.165) is 39.3 Å². The van der Waals surface area contributed by atoms with Gasteiger partial charge >= 0.3 is 0 Å². The fraction of sp³-hybridized carbons (Fsp3) is 0.208. The monoisotopic (exact) mass is 496 g/mol. The summed E-state index contributed by atoms with van der Waals surface area (Å²) < 4.78 is 29.7. The Hall–Kier alpha value is -3.14. The standard InChI is InChI=1S/C24H19ClF2N6S/c25-16-3-5-18-20(13-16)28-24(33-22(18)29-30-23(33)21-2-1-11-34-21)32-9-7-31(8-10-32)14-15-12-17(26)4-6-19(15)27/h1-6,11-13H,7-10,14H2. The average Bonchev–Trinajstić information content (AvgIpc) is 3.51. The first-order valence-corrected chi connectivity index (χ1v) is 12.1. The third kappa shape index (κ3) is 3.79. The van der Waals surface area contributed by atoms with E-state index in [0.29, 0.717) is 43.3 Å². The maximum atomic E-state index is 14.1. The third-order valence-electron chi connectivity index (χ3n) is 6.08. The molecule has 1 aliphatic heterocycles. The smallest absolute Gasteiger partial charge is 0.213 e. The lowest BCUT2D eigenvalue weighted by Gasteiger charge is -2.35. The van der Waals surface area contributed by atoms with Crippen molar-refractivity contribution in [2.45, 2.75) is 6.54 Å². The van der Waals surface area contributed by atoms with E-state index in [-0.39, 0.29) is 5.82 Å². The van der Waals surface area contributed by atoms with Gasteiger partial charge in [-0.15, -0.1) is 21.5 Å². The average molecular weight is 497 g/mol. The molecule has 1 fully saturated rings. The minimum atomic E-state index is -0.426. The van der Waals surface area contributed by atoms with Crippen molar-refractivity contribution < 1.29 is 8.78 Å². The zero-order valence-electron chi connectivity index (χ0n) is 18.0. The molecule has 0 saturated carbocycles. The van der Waals surface area contributed by atoms with Gasteiger partial charge in [0.05, 0.1) is 10.4 Å². The fourth-order valence-corrected chi connectivity index (χ4v) is 5.25. The fourth-order valence-electron chi connectivity index (χ4n) is 4.38. The molecule has 0 radical (unpaired) electrons. The number of anilines is 1. The summed E-state index contributed by atoms with van der Waals surface area (Å²) in [5, 5.41) is 12.5. The van der Waals surface area contributed by atoms with Gasteiger partial charge in [-0.05, 0) is 47.8 Å². The summed E-state index contributed by atoms with van der Waals surface area (Å²) in [6.07, 6.45) is 0. The predicted molar refractivity (Wildman–Crippen MR) is 130 cm³/mol. The molecule has 3 aromatic heterocycles. The molecule has 0 amide bonds. The molecule has 6 rings (SSSR count). The molecule has 4 heterocycles. The summed E-state index contributed by atoms with van der Waals surface area (Å²) in [7, 11) is 0. The molecule has 172 valence electrons. The first-order valence-electron chi connectivity index (χ1n) is 10.9. The quantitative estimate of drug-likeness (QED) is 0.340. The van der Waals surface area contributed by atoms with Crippen LogP contribution < -0.4 is 4.90 Å². The molecular formula is C24H19ClF2N6S. The molecule has 1 aliphatic rings. The Bertz CT molecular complexity index is 1490. The lowest BCUT2D eigenvalue weighted by atomic mass is 10.1. The maximum Gasteiger partial charge on any atom is 0.213 e. The van der Waals surface area contributed by atoms with Gasteiger partial charge in [-0.25, -0.2) is 18.2 Å². The molecule has 0 bridgehead atoms. The lowest BCUT2D eigenvalue weighted by Crippen LogP contribution is -2.47. The van der Waals surface area contributed by atoms with E-state index in [9.17, 15) is 8.78 Å². The van der Waals surface area contributed by atoms with Crippen LogP contribution >= 0.6 is 22.9 Å². The molecular weight excluding hydrogens is 478 g/mol. The largest absolute Gasteiger partial charge is 0.339 e. The Labute approximate surface area is 203 Å². The maximum absolute atomic E-state index is 14.1. The van der Waals surface area contributed by atoms with E-state index < -0.39 is 5.82 Å². The highest BCUT2D eigenvalue weighted by molar-refractivity contribution is 7.13. The van der Waals surface area contributed by atoms with Crippen LogP contribution in [0.5, 0.6) is 0 Å². The highest BCUT2D eigenvalue weighted by atomic mass is 35.5. The molecule has 2 aromatic carbocycles. The number of nitrogens with zero attached hydrogens (tertiary/aromatic N) is 6. The normalized spacial score (nSPS) is 15.0. The first-order chi connectivity index (χ1) is 16.6. The number of piperazine rings is 1. The van der Waals surface area contributed by atoms with Crippen LogP contribution in [-0.2, 0) is 6.54 Å². The molecule has 0 aliphatic carbocycles. The second kappa shape index (κ2) is 8.57. The van der Waals surface area contributed by atoms with E-state index in [1.54, 1.807) is 11.3 Å². The Balaban J connectivity index is 1.36. The third-order valence-corrected chi connectivity index (χ3v) is 7.18. The predicted octanol–water partition coefficient (Wildman–Crippen LogP) is 5.26. The molecule has 0 unspecified atom stereocenters. The van der Waals surface area contributed by atoms with E-state index in [2.05, 4.69) is 20.0 Å². The molecule has 10 heteroatoms. The van der Waals surface area contributed by atoms with Crippen LogP contribution in [0.25, 0.3) is 27.3 Å². The Kier molecular flexibility index (Phi) is 5.40. The summed E-state index contributed by atoms with van der Waals surface area (Å²) in [6, 6.07) is 13.2. The summed E-state index contributed by atoms with van der Waals surface area (Å²) in [6.45, 7) is 3.08. The van der Waals surface area contributed by atoms with Gasteiger partial charge in [-0.3, -0.25) is 4.90 Å². The van der Waals surface area contributed by atoms with Crippen LogP contribution in [0.1, 0.15) is 5.56 Å². The Morgan fingerprint density at radius 2 is 1.82 bits per heavy atom. The van der Waals surface area contributed by atoms with Gasteiger partial charge in [0.15, 0.2) is 11.5 Å². The number of benzene rings is 2. The molecule has 0 spiro atoms. The van der Waals surface area contributed by atoms with Crippen LogP contribution in [0.3, 0.4) is 0 Å². The van der Waals surface area contributed by atoms with Crippen molar-refractivity contribution in [2.24, 2.45) is 0 Å². The molecule has 6 nitrogen and oxygen atoms in total. The summed E-state index contributed by atoms with van der Waals surface area (Å²) in [5.41, 5.74) is 1.85. The summed E-state index contributed by atoms with van der Waals surface area (Å²) in [4.78, 5) is 10.3. The van der Waals surface area contributed by atoms with Gasteiger partial charge in [0, 0.05) is 48.7 Å². The number of hydrogen-bond donors (Lipinski definition) is 0. The van der Waals surface area contributed by atoms with Gasteiger partial charge in [0.25, 0.3) is 0 Å². The number of thiophene rings is 1. The van der Waals surface area contributed by atoms with E-state index in [1.807, 2.05) is 40.1 Å². The van der Waals surface area contributed by atoms with Gasteiger partial charge in [0.1, 0.15) is 11.6 Å². The second-order valence-corrected chi connectivity index (χ2v) is 9.62. The van der Waals surface area contributed by atoms with Crippen LogP contribution in [0.4, 0.5) is 14.7 Å². The zero-order chi connectivity index (χ0) is 23.2. The summed E-state index contributed by atoms with van der Waals surface area (Å²) >= 11 is 7.85. The summed E-state index contributed by atoms with van der Waals surface area (Å²) in [5.74, 6) is 0.678. The van der Waals surface area contributed by atoms with Gasteiger partial charge in [-0.2, -0.15) is 0 Å². The first kappa shape index (κ1) is 21.4. The van der Waals surface area contributed by atoms with Crippen LogP contribution in [0, 0.1) is 11.6 Å². The minimum Gasteiger partial charge on any atom is -0.339 e. The molecule has 0 atom stereocenters. The minimum absolute atomic E-state index is 0.362. The number of hydrogen-bond acceptors (Lipinski definition) is 6. The van der Waals surface area contributed by atoms with Crippen molar-refractivity contribution >= 4 is 45.4 Å². The van der Waals surface area contributed by atoms with E-state index >= 15 is 0 Å². The van der Waals surface area contributed by atoms with Crippen molar-refractivity contribution in [3.05, 3.63) is 76.1 Å². The van der Waals surface area contributed by atoms with Gasteiger partial charge in [-0.1, -0.05) is 17.7 Å². The van der Waals surface area contributed by atoms with Crippen LogP contribution in [0.15, 0.2) is 53.9 Å². The number of fused-ring (bicyclic) bond motifs is 3. The Morgan fingerprint density at radius 1 is 0.971 bits per heavy atom. The number of aromatic nitrogens is 4. The SMILES string of the molecule is Fc1ccc(F)c(CN2CCN(c3nc4cc(Cl)ccc4c4nnc(-c5cccs5)n34)CC2)c1. The highest BCUT2D eigenvalue weighted by Crippen LogP contribution is 2.32. The van der Waals surface area contributed by atoms with Gasteiger partial charge in [0.2, 0.25) is 5.95 Å². The van der Waals surface area contributed by atoms with Crippen LogP contribution in [0.2, 0.25) is 5.02 Å². The highest BCUT2D eigenvalue weighted by Gasteiger charge is 2.25. The van der Waals surface area contributed by atoms with Crippen molar-refractivity contribution in [1.82, 2.24) is 24.5 Å². The molecule has 0 N–H and O–H groups in total. The number of halogens is 3.